The van der Waals surface area contributed by atoms with Gasteiger partial charge in [-0.15, -0.1) is 0 Å². The van der Waals surface area contributed by atoms with Crippen LogP contribution in [0, 0.1) is 20.8 Å². The lowest BCUT2D eigenvalue weighted by Gasteiger charge is -2.17. The van der Waals surface area contributed by atoms with Crippen molar-refractivity contribution in [3.63, 3.8) is 0 Å². The molecule has 0 amide bonds. The largest absolute Gasteiger partial charge is 0.289 e. The minimum Gasteiger partial charge on any atom is -0.289 e. The van der Waals surface area contributed by atoms with Crippen LogP contribution < -0.4 is 5.30 Å². The van der Waals surface area contributed by atoms with E-state index >= 15 is 0 Å². The molecule has 3 heteroatoms. The Hall–Kier alpha value is -2.83. The maximum Gasteiger partial charge on any atom is 0.194 e. The van der Waals surface area contributed by atoms with Gasteiger partial charge in [-0.25, -0.2) is 0 Å². The van der Waals surface area contributed by atoms with Crippen molar-refractivity contribution in [3.05, 3.63) is 94.6 Å². The van der Waals surface area contributed by atoms with Gasteiger partial charge in [0, 0.05) is 16.7 Å². The first-order chi connectivity index (χ1) is 13.0. The van der Waals surface area contributed by atoms with Crippen LogP contribution in [0.25, 0.3) is 17.2 Å². The molecule has 0 aliphatic rings. The van der Waals surface area contributed by atoms with E-state index in [0.29, 0.717) is 22.0 Å². The molecule has 0 aliphatic carbocycles. The average molecular weight is 372 g/mol. The Kier molecular flexibility index (Phi) is 5.48. The van der Waals surface area contributed by atoms with E-state index in [4.69, 9.17) is 0 Å². The lowest BCUT2D eigenvalue weighted by Crippen LogP contribution is -2.14. The lowest BCUT2D eigenvalue weighted by atomic mass is 9.86. The van der Waals surface area contributed by atoms with Crippen molar-refractivity contribution in [2.75, 3.05) is 0 Å². The van der Waals surface area contributed by atoms with Crippen LogP contribution in [0.1, 0.15) is 38.2 Å². The molecule has 134 valence electrons. The van der Waals surface area contributed by atoms with E-state index in [9.17, 15) is 9.36 Å². The summed E-state index contributed by atoms with van der Waals surface area (Å²) in [6.07, 6.45) is 1.68. The summed E-state index contributed by atoms with van der Waals surface area (Å²) >= 11 is 0. The molecule has 3 aromatic rings. The van der Waals surface area contributed by atoms with Crippen LogP contribution in [0.4, 0.5) is 0 Å². The highest BCUT2D eigenvalue weighted by atomic mass is 31.1. The molecule has 2 nitrogen and oxygen atoms in total. The summed E-state index contributed by atoms with van der Waals surface area (Å²) in [6.45, 7) is 9.82. The Labute approximate surface area is 161 Å². The zero-order valence-corrected chi connectivity index (χ0v) is 16.6. The van der Waals surface area contributed by atoms with Crippen molar-refractivity contribution in [1.29, 1.82) is 0 Å². The van der Waals surface area contributed by atoms with Gasteiger partial charge in [-0.05, 0) is 49.1 Å². The van der Waals surface area contributed by atoms with Gasteiger partial charge in [0.1, 0.15) is 0 Å². The molecule has 27 heavy (non-hydrogen) atoms. The van der Waals surface area contributed by atoms with Gasteiger partial charge in [0.15, 0.2) is 14.2 Å². The fourth-order valence-corrected chi connectivity index (χ4v) is 4.13. The number of benzene rings is 3. The molecule has 0 bridgehead atoms. The van der Waals surface area contributed by atoms with Crippen molar-refractivity contribution >= 4 is 25.6 Å². The van der Waals surface area contributed by atoms with Gasteiger partial charge in [0.05, 0.1) is 5.30 Å². The number of hydrogen-bond acceptors (Lipinski definition) is 2. The SMILES string of the molecule is C=Cc1ccc(P=O)c(-c2ccccc2)c1C(=O)c1c(C)cc(C)cc1C. The van der Waals surface area contributed by atoms with Gasteiger partial charge in [0.2, 0.25) is 0 Å². The van der Waals surface area contributed by atoms with E-state index in [2.05, 4.69) is 6.58 Å². The second-order valence-electron chi connectivity index (χ2n) is 6.69. The molecule has 0 fully saturated rings. The summed E-state index contributed by atoms with van der Waals surface area (Å²) in [6, 6.07) is 17.3. The van der Waals surface area contributed by atoms with Crippen LogP contribution >= 0.6 is 8.46 Å². The molecule has 0 saturated heterocycles. The molecule has 0 aliphatic heterocycles. The molecule has 0 heterocycles. The van der Waals surface area contributed by atoms with Crippen LogP contribution in [0.3, 0.4) is 0 Å². The standard InChI is InChI=1S/C24H21O2P/c1-5-18-11-12-20(27-26)22(19-9-7-6-8-10-19)23(18)24(25)21-16(3)13-15(2)14-17(21)4/h5-14H,1H2,2-4H3. The number of ketones is 1. The number of aryl methyl sites for hydroxylation is 3. The van der Waals surface area contributed by atoms with E-state index in [1.54, 1.807) is 12.1 Å². The van der Waals surface area contributed by atoms with Crippen molar-refractivity contribution < 1.29 is 9.36 Å². The predicted octanol–water partition coefficient (Wildman–Crippen LogP) is 6.07. The number of carbonyl (C=O) groups excluding carboxylic acids is 1. The minimum atomic E-state index is -0.117. The van der Waals surface area contributed by atoms with Crippen LogP contribution in [-0.4, -0.2) is 5.78 Å². The summed E-state index contributed by atoms with van der Waals surface area (Å²) in [5.74, 6) is -0.0655. The van der Waals surface area contributed by atoms with E-state index in [-0.39, 0.29) is 14.2 Å². The molecule has 0 radical (unpaired) electrons. The molecule has 3 aromatic carbocycles. The monoisotopic (exact) mass is 372 g/mol. The van der Waals surface area contributed by atoms with E-state index in [0.717, 1.165) is 27.8 Å². The molecule has 0 saturated carbocycles. The molecular formula is C24H21O2P. The van der Waals surface area contributed by atoms with Gasteiger partial charge in [-0.1, -0.05) is 66.7 Å². The Morgan fingerprint density at radius 1 is 0.926 bits per heavy atom. The third-order valence-electron chi connectivity index (χ3n) is 4.73. The summed E-state index contributed by atoms with van der Waals surface area (Å²) in [5, 5.41) is 0.595. The molecule has 0 atom stereocenters. The Morgan fingerprint density at radius 3 is 2.11 bits per heavy atom. The summed E-state index contributed by atoms with van der Waals surface area (Å²) < 4.78 is 11.9. The highest BCUT2D eigenvalue weighted by Gasteiger charge is 2.23. The summed E-state index contributed by atoms with van der Waals surface area (Å²) in [5.41, 5.74) is 6.56. The number of carbonyl (C=O) groups is 1. The van der Waals surface area contributed by atoms with E-state index < -0.39 is 0 Å². The van der Waals surface area contributed by atoms with Gasteiger partial charge in [0.25, 0.3) is 0 Å². The third-order valence-corrected chi connectivity index (χ3v) is 5.30. The zero-order valence-electron chi connectivity index (χ0n) is 15.7. The quantitative estimate of drug-likeness (QED) is 0.402. The summed E-state index contributed by atoms with van der Waals surface area (Å²) in [4.78, 5) is 13.7. The number of rotatable bonds is 5. The second-order valence-corrected chi connectivity index (χ2v) is 7.35. The van der Waals surface area contributed by atoms with Crippen molar-refractivity contribution in [2.24, 2.45) is 0 Å². The van der Waals surface area contributed by atoms with Crippen LogP contribution in [0.5, 0.6) is 0 Å². The predicted molar refractivity (Wildman–Crippen MR) is 113 cm³/mol. The first-order valence-electron chi connectivity index (χ1n) is 8.78. The molecule has 3 rings (SSSR count). The Bertz CT molecular complexity index is 1030. The zero-order chi connectivity index (χ0) is 19.6. The van der Waals surface area contributed by atoms with Crippen LogP contribution in [-0.2, 0) is 4.57 Å². The van der Waals surface area contributed by atoms with E-state index in [1.807, 2.05) is 69.3 Å². The Morgan fingerprint density at radius 2 is 1.56 bits per heavy atom. The van der Waals surface area contributed by atoms with Gasteiger partial charge in [-0.3, -0.25) is 9.36 Å². The van der Waals surface area contributed by atoms with Gasteiger partial charge < -0.3 is 0 Å². The third kappa shape index (κ3) is 3.54. The normalized spacial score (nSPS) is 10.8. The first kappa shape index (κ1) is 18.9. The highest BCUT2D eigenvalue weighted by molar-refractivity contribution is 7.34. The minimum absolute atomic E-state index is 0.0655. The molecule has 0 spiro atoms. The summed E-state index contributed by atoms with van der Waals surface area (Å²) in [7, 11) is -0.117. The maximum absolute atomic E-state index is 13.7. The second kappa shape index (κ2) is 7.82. The maximum atomic E-state index is 13.7. The Balaban J connectivity index is 2.37. The fraction of sp³-hybridized carbons (Fsp3) is 0.125. The molecular weight excluding hydrogens is 351 g/mol. The van der Waals surface area contributed by atoms with Gasteiger partial charge >= 0.3 is 0 Å². The van der Waals surface area contributed by atoms with Crippen molar-refractivity contribution in [3.8, 4) is 11.1 Å². The van der Waals surface area contributed by atoms with Gasteiger partial charge in [-0.2, -0.15) is 0 Å². The van der Waals surface area contributed by atoms with Crippen molar-refractivity contribution in [1.82, 2.24) is 0 Å². The first-order valence-corrected chi connectivity index (χ1v) is 9.60. The number of hydrogen-bond donors (Lipinski definition) is 0. The lowest BCUT2D eigenvalue weighted by molar-refractivity contribution is 0.103. The topological polar surface area (TPSA) is 34.1 Å². The molecule has 0 aromatic heterocycles. The van der Waals surface area contributed by atoms with Crippen molar-refractivity contribution in [2.45, 2.75) is 20.8 Å². The fourth-order valence-electron chi connectivity index (χ4n) is 3.66. The average Bonchev–Trinajstić information content (AvgIpc) is 2.66. The molecule has 0 N–H and O–H groups in total. The van der Waals surface area contributed by atoms with Crippen LogP contribution in [0.2, 0.25) is 0 Å². The van der Waals surface area contributed by atoms with E-state index in [1.165, 1.54) is 0 Å². The smallest absolute Gasteiger partial charge is 0.194 e. The molecule has 0 unspecified atom stereocenters. The van der Waals surface area contributed by atoms with Crippen LogP contribution in [0.15, 0.2) is 61.2 Å². The highest BCUT2D eigenvalue weighted by Crippen LogP contribution is 2.31.